The van der Waals surface area contributed by atoms with Crippen LogP contribution in [0.4, 0.5) is 5.69 Å². The van der Waals surface area contributed by atoms with Gasteiger partial charge in [0.05, 0.1) is 23.5 Å². The third-order valence-corrected chi connectivity index (χ3v) is 4.08. The summed E-state index contributed by atoms with van der Waals surface area (Å²) in [5.41, 5.74) is 2.25. The monoisotopic (exact) mass is 279 g/mol. The number of nitrogens with zero attached hydrogens (tertiary/aromatic N) is 2. The van der Waals surface area contributed by atoms with Gasteiger partial charge >= 0.3 is 5.97 Å². The van der Waals surface area contributed by atoms with Crippen LogP contribution in [0.5, 0.6) is 0 Å². The number of carboxylic acid groups (broad SMARTS) is 1. The molecule has 1 aromatic heterocycles. The van der Waals surface area contributed by atoms with Crippen LogP contribution in [0, 0.1) is 18.8 Å². The van der Waals surface area contributed by atoms with Crippen LogP contribution >= 0.6 is 0 Å². The van der Waals surface area contributed by atoms with Gasteiger partial charge < -0.3 is 10.4 Å². The number of hydrogen-bond acceptors (Lipinski definition) is 3. The summed E-state index contributed by atoms with van der Waals surface area (Å²) in [5.74, 6) is -0.227. The SMILES string of the molecule is Cc1c(NC2CCC(C(=O)O)CC2)cnn1CC(C)C. The van der Waals surface area contributed by atoms with Crippen molar-refractivity contribution in [3.63, 3.8) is 0 Å². The standard InChI is InChI=1S/C15H25N3O2/c1-10(2)9-18-11(3)14(8-16-18)17-13-6-4-12(5-7-13)15(19)20/h8,10,12-13,17H,4-7,9H2,1-3H3,(H,19,20). The maximum absolute atomic E-state index is 10.9. The Hall–Kier alpha value is -1.52. The summed E-state index contributed by atoms with van der Waals surface area (Å²) in [5, 5.41) is 17.0. The molecular weight excluding hydrogens is 254 g/mol. The normalized spacial score (nSPS) is 23.0. The third-order valence-electron chi connectivity index (χ3n) is 4.08. The summed E-state index contributed by atoms with van der Waals surface area (Å²) in [6.07, 6.45) is 5.27. The van der Waals surface area contributed by atoms with Crippen LogP contribution < -0.4 is 5.32 Å². The fourth-order valence-corrected chi connectivity index (χ4v) is 2.82. The van der Waals surface area contributed by atoms with Gasteiger partial charge in [-0.15, -0.1) is 0 Å². The fourth-order valence-electron chi connectivity index (χ4n) is 2.82. The van der Waals surface area contributed by atoms with E-state index in [4.69, 9.17) is 5.11 Å². The number of anilines is 1. The molecule has 112 valence electrons. The molecule has 1 fully saturated rings. The van der Waals surface area contributed by atoms with Gasteiger partial charge in [0.2, 0.25) is 0 Å². The lowest BCUT2D eigenvalue weighted by Gasteiger charge is -2.27. The van der Waals surface area contributed by atoms with E-state index < -0.39 is 5.97 Å². The highest BCUT2D eigenvalue weighted by Crippen LogP contribution is 2.27. The van der Waals surface area contributed by atoms with Crippen molar-refractivity contribution in [2.75, 3.05) is 5.32 Å². The summed E-state index contributed by atoms with van der Waals surface area (Å²) in [6, 6.07) is 0.376. The van der Waals surface area contributed by atoms with Gasteiger partial charge in [-0.05, 0) is 38.5 Å². The van der Waals surface area contributed by atoms with E-state index in [0.29, 0.717) is 12.0 Å². The molecular formula is C15H25N3O2. The summed E-state index contributed by atoms with van der Waals surface area (Å²) in [4.78, 5) is 10.9. The zero-order valence-corrected chi connectivity index (χ0v) is 12.6. The minimum Gasteiger partial charge on any atom is -0.481 e. The maximum atomic E-state index is 10.9. The van der Waals surface area contributed by atoms with E-state index in [1.807, 2.05) is 10.9 Å². The Bertz CT molecular complexity index is 460. The van der Waals surface area contributed by atoms with Crippen molar-refractivity contribution in [1.29, 1.82) is 0 Å². The van der Waals surface area contributed by atoms with Crippen molar-refractivity contribution >= 4 is 11.7 Å². The molecule has 0 saturated heterocycles. The molecule has 0 aromatic carbocycles. The lowest BCUT2D eigenvalue weighted by Crippen LogP contribution is -2.29. The molecule has 0 aliphatic heterocycles. The highest BCUT2D eigenvalue weighted by molar-refractivity contribution is 5.70. The second-order valence-corrected chi connectivity index (χ2v) is 6.25. The minimum absolute atomic E-state index is 0.155. The van der Waals surface area contributed by atoms with Gasteiger partial charge in [-0.3, -0.25) is 9.48 Å². The first-order chi connectivity index (χ1) is 9.47. The Balaban J connectivity index is 1.91. The number of aromatic nitrogens is 2. The Morgan fingerprint density at radius 1 is 1.45 bits per heavy atom. The van der Waals surface area contributed by atoms with Crippen molar-refractivity contribution < 1.29 is 9.90 Å². The minimum atomic E-state index is -0.649. The largest absolute Gasteiger partial charge is 0.481 e. The molecule has 0 spiro atoms. The molecule has 0 amide bonds. The number of carboxylic acids is 1. The summed E-state index contributed by atoms with van der Waals surface area (Å²) in [7, 11) is 0. The summed E-state index contributed by atoms with van der Waals surface area (Å²) in [6.45, 7) is 7.38. The number of aliphatic carboxylic acids is 1. The predicted octanol–water partition coefficient (Wildman–Crippen LogP) is 2.90. The highest BCUT2D eigenvalue weighted by atomic mass is 16.4. The van der Waals surface area contributed by atoms with Crippen LogP contribution in [0.25, 0.3) is 0 Å². The topological polar surface area (TPSA) is 67.2 Å². The number of carbonyl (C=O) groups is 1. The second kappa shape index (κ2) is 6.29. The molecule has 1 aliphatic carbocycles. The number of nitrogens with one attached hydrogen (secondary N) is 1. The van der Waals surface area contributed by atoms with Crippen LogP contribution in [-0.4, -0.2) is 26.9 Å². The Labute approximate surface area is 120 Å². The zero-order valence-electron chi connectivity index (χ0n) is 12.6. The van der Waals surface area contributed by atoms with E-state index in [9.17, 15) is 4.79 Å². The van der Waals surface area contributed by atoms with Gasteiger partial charge in [0, 0.05) is 12.6 Å². The van der Waals surface area contributed by atoms with E-state index in [2.05, 4.69) is 31.2 Å². The first-order valence-electron chi connectivity index (χ1n) is 7.49. The predicted molar refractivity (Wildman–Crippen MR) is 78.8 cm³/mol. The molecule has 0 bridgehead atoms. The van der Waals surface area contributed by atoms with Crippen LogP contribution in [0.2, 0.25) is 0 Å². The van der Waals surface area contributed by atoms with E-state index in [1.165, 1.54) is 5.69 Å². The molecule has 0 atom stereocenters. The van der Waals surface area contributed by atoms with E-state index >= 15 is 0 Å². The van der Waals surface area contributed by atoms with Crippen molar-refractivity contribution in [2.24, 2.45) is 11.8 Å². The number of rotatable bonds is 5. The van der Waals surface area contributed by atoms with Crippen molar-refractivity contribution in [3.05, 3.63) is 11.9 Å². The van der Waals surface area contributed by atoms with Gasteiger partial charge in [0.15, 0.2) is 0 Å². The van der Waals surface area contributed by atoms with E-state index in [-0.39, 0.29) is 5.92 Å². The average Bonchev–Trinajstić information content (AvgIpc) is 2.71. The van der Waals surface area contributed by atoms with Gasteiger partial charge in [-0.1, -0.05) is 13.8 Å². The van der Waals surface area contributed by atoms with Crippen LogP contribution in [0.3, 0.4) is 0 Å². The summed E-state index contributed by atoms with van der Waals surface area (Å²) >= 11 is 0. The maximum Gasteiger partial charge on any atom is 0.306 e. The molecule has 5 heteroatoms. The van der Waals surface area contributed by atoms with Gasteiger partial charge in [0.1, 0.15) is 0 Å². The lowest BCUT2D eigenvalue weighted by atomic mass is 9.86. The van der Waals surface area contributed by atoms with E-state index in [1.54, 1.807) is 0 Å². The van der Waals surface area contributed by atoms with Gasteiger partial charge in [-0.2, -0.15) is 5.10 Å². The molecule has 1 saturated carbocycles. The zero-order chi connectivity index (χ0) is 14.7. The number of hydrogen-bond donors (Lipinski definition) is 2. The highest BCUT2D eigenvalue weighted by Gasteiger charge is 2.26. The second-order valence-electron chi connectivity index (χ2n) is 6.25. The Kier molecular flexibility index (Phi) is 4.68. The molecule has 1 heterocycles. The lowest BCUT2D eigenvalue weighted by molar-refractivity contribution is -0.142. The molecule has 20 heavy (non-hydrogen) atoms. The van der Waals surface area contributed by atoms with Crippen molar-refractivity contribution in [3.8, 4) is 0 Å². The molecule has 1 aromatic rings. The smallest absolute Gasteiger partial charge is 0.306 e. The van der Waals surface area contributed by atoms with Crippen LogP contribution in [0.1, 0.15) is 45.2 Å². The molecule has 0 radical (unpaired) electrons. The quantitative estimate of drug-likeness (QED) is 0.869. The molecule has 2 N–H and O–H groups in total. The van der Waals surface area contributed by atoms with Crippen molar-refractivity contribution in [1.82, 2.24) is 9.78 Å². The third kappa shape index (κ3) is 3.52. The van der Waals surface area contributed by atoms with Crippen molar-refractivity contribution in [2.45, 2.75) is 59.0 Å². The molecule has 0 unspecified atom stereocenters. The molecule has 1 aliphatic rings. The van der Waals surface area contributed by atoms with Crippen LogP contribution in [0.15, 0.2) is 6.20 Å². The average molecular weight is 279 g/mol. The van der Waals surface area contributed by atoms with Gasteiger partial charge in [-0.25, -0.2) is 0 Å². The fraction of sp³-hybridized carbons (Fsp3) is 0.733. The van der Waals surface area contributed by atoms with Crippen LogP contribution in [-0.2, 0) is 11.3 Å². The molecule has 5 nitrogen and oxygen atoms in total. The van der Waals surface area contributed by atoms with E-state index in [0.717, 1.165) is 37.9 Å². The summed E-state index contributed by atoms with van der Waals surface area (Å²) < 4.78 is 2.04. The van der Waals surface area contributed by atoms with Gasteiger partial charge in [0.25, 0.3) is 0 Å². The first kappa shape index (κ1) is 14.9. The molecule has 2 rings (SSSR count). The first-order valence-corrected chi connectivity index (χ1v) is 7.49. The Morgan fingerprint density at radius 2 is 2.10 bits per heavy atom. The Morgan fingerprint density at radius 3 is 2.65 bits per heavy atom.